The van der Waals surface area contributed by atoms with Gasteiger partial charge in [0.2, 0.25) is 0 Å². The minimum absolute atomic E-state index is 1.16. The SMILES string of the molecule is C=C[Si](C)(C)C#C[Si](C)(C)C. The van der Waals surface area contributed by atoms with Crippen LogP contribution in [0.1, 0.15) is 0 Å². The molecule has 0 aromatic carbocycles. The van der Waals surface area contributed by atoms with Crippen LogP contribution in [0, 0.1) is 11.1 Å². The normalized spacial score (nSPS) is 11.7. The Morgan fingerprint density at radius 2 is 1.45 bits per heavy atom. The summed E-state index contributed by atoms with van der Waals surface area (Å²) >= 11 is 0. The maximum atomic E-state index is 3.81. The van der Waals surface area contributed by atoms with Gasteiger partial charge in [-0.3, -0.25) is 0 Å². The van der Waals surface area contributed by atoms with Crippen LogP contribution in [0.2, 0.25) is 32.7 Å². The van der Waals surface area contributed by atoms with Crippen molar-refractivity contribution in [3.63, 3.8) is 0 Å². The van der Waals surface area contributed by atoms with Gasteiger partial charge in [-0.2, -0.15) is 0 Å². The maximum absolute atomic E-state index is 3.81. The molecule has 0 nitrogen and oxygen atoms in total. The van der Waals surface area contributed by atoms with Crippen LogP contribution in [0.3, 0.4) is 0 Å². The molecule has 0 bridgehead atoms. The average molecular weight is 182 g/mol. The lowest BCUT2D eigenvalue weighted by atomic mass is 11.3. The first kappa shape index (κ1) is 10.7. The van der Waals surface area contributed by atoms with Crippen LogP contribution in [0.25, 0.3) is 0 Å². The highest BCUT2D eigenvalue weighted by Crippen LogP contribution is 2.02. The van der Waals surface area contributed by atoms with Crippen molar-refractivity contribution in [1.82, 2.24) is 0 Å². The summed E-state index contributed by atoms with van der Waals surface area (Å²) in [6, 6.07) is 0. The van der Waals surface area contributed by atoms with Gasteiger partial charge in [0.1, 0.15) is 8.07 Å². The first-order valence-corrected chi connectivity index (χ1v) is 10.5. The fourth-order valence-electron chi connectivity index (χ4n) is 0.400. The summed E-state index contributed by atoms with van der Waals surface area (Å²) in [6.45, 7) is 15.1. The first-order chi connectivity index (χ1) is 4.77. The molecule has 2 heteroatoms. The minimum atomic E-state index is -1.35. The van der Waals surface area contributed by atoms with Crippen molar-refractivity contribution in [2.24, 2.45) is 0 Å². The monoisotopic (exact) mass is 182 g/mol. The van der Waals surface area contributed by atoms with Crippen molar-refractivity contribution in [1.29, 1.82) is 0 Å². The molecule has 0 unspecified atom stereocenters. The van der Waals surface area contributed by atoms with E-state index >= 15 is 0 Å². The molecule has 0 rings (SSSR count). The standard InChI is InChI=1S/C9H18Si2/c1-7-11(5,6)9-8-10(2,3)4/h7H,1H2,2-6H3. The van der Waals surface area contributed by atoms with Gasteiger partial charge in [-0.05, 0) is 0 Å². The molecule has 62 valence electrons. The van der Waals surface area contributed by atoms with Crippen molar-refractivity contribution in [2.75, 3.05) is 0 Å². The summed E-state index contributed by atoms with van der Waals surface area (Å²) in [6.07, 6.45) is 0. The third-order valence-corrected chi connectivity index (χ3v) is 4.18. The summed E-state index contributed by atoms with van der Waals surface area (Å²) < 4.78 is 0. The van der Waals surface area contributed by atoms with Crippen molar-refractivity contribution in [3.8, 4) is 11.1 Å². The molecule has 0 fully saturated rings. The van der Waals surface area contributed by atoms with Crippen LogP contribution in [0.15, 0.2) is 12.3 Å². The van der Waals surface area contributed by atoms with E-state index in [-0.39, 0.29) is 0 Å². The van der Waals surface area contributed by atoms with Crippen molar-refractivity contribution >= 4 is 16.1 Å². The second kappa shape index (κ2) is 3.42. The molecular weight excluding hydrogens is 164 g/mol. The molecule has 0 atom stereocenters. The van der Waals surface area contributed by atoms with Crippen LogP contribution in [0.5, 0.6) is 0 Å². The molecule has 11 heavy (non-hydrogen) atoms. The van der Waals surface area contributed by atoms with Crippen molar-refractivity contribution < 1.29 is 0 Å². The third kappa shape index (κ3) is 6.14. The van der Waals surface area contributed by atoms with Crippen LogP contribution in [-0.4, -0.2) is 16.1 Å². The second-order valence-corrected chi connectivity index (χ2v) is 13.3. The number of rotatable bonds is 1. The van der Waals surface area contributed by atoms with Gasteiger partial charge in [0.05, 0.1) is 0 Å². The Labute approximate surface area is 72.7 Å². The summed E-state index contributed by atoms with van der Waals surface area (Å²) in [5, 5.41) is 0. The summed E-state index contributed by atoms with van der Waals surface area (Å²) in [7, 11) is -2.51. The van der Waals surface area contributed by atoms with Gasteiger partial charge in [0.25, 0.3) is 0 Å². The molecule has 0 aliphatic carbocycles. The van der Waals surface area contributed by atoms with E-state index in [4.69, 9.17) is 0 Å². The van der Waals surface area contributed by atoms with E-state index in [1.807, 2.05) is 5.70 Å². The highest BCUT2D eigenvalue weighted by Gasteiger charge is 2.14. The maximum Gasteiger partial charge on any atom is 0.154 e. The van der Waals surface area contributed by atoms with Gasteiger partial charge in [-0.15, -0.1) is 17.7 Å². The van der Waals surface area contributed by atoms with Gasteiger partial charge >= 0.3 is 0 Å². The Hall–Kier alpha value is -0.266. The number of hydrogen-bond donors (Lipinski definition) is 0. The molecule has 0 aromatic rings. The molecule has 0 aliphatic heterocycles. The molecule has 0 heterocycles. The Morgan fingerprint density at radius 1 is 1.00 bits per heavy atom. The lowest BCUT2D eigenvalue weighted by molar-refractivity contribution is 1.81. The van der Waals surface area contributed by atoms with Gasteiger partial charge in [0.15, 0.2) is 8.07 Å². The summed E-state index contributed by atoms with van der Waals surface area (Å²) in [4.78, 5) is 0. The summed E-state index contributed by atoms with van der Waals surface area (Å²) in [5.74, 6) is 0. The molecule has 0 amide bonds. The van der Waals surface area contributed by atoms with E-state index in [1.54, 1.807) is 0 Å². The van der Waals surface area contributed by atoms with Gasteiger partial charge < -0.3 is 0 Å². The molecule has 0 radical (unpaired) electrons. The van der Waals surface area contributed by atoms with Gasteiger partial charge in [-0.25, -0.2) is 0 Å². The van der Waals surface area contributed by atoms with E-state index in [0.29, 0.717) is 0 Å². The fraction of sp³-hybridized carbons (Fsp3) is 0.556. The first-order valence-electron chi connectivity index (χ1n) is 3.95. The van der Waals surface area contributed by atoms with E-state index in [0.717, 1.165) is 0 Å². The predicted molar refractivity (Wildman–Crippen MR) is 58.8 cm³/mol. The Balaban J connectivity index is 4.41. The lowest BCUT2D eigenvalue weighted by Gasteiger charge is -2.09. The smallest absolute Gasteiger partial charge is 0.139 e. The van der Waals surface area contributed by atoms with Crippen LogP contribution in [0.4, 0.5) is 0 Å². The summed E-state index contributed by atoms with van der Waals surface area (Å²) in [5.41, 5.74) is 8.82. The largest absolute Gasteiger partial charge is 0.154 e. The minimum Gasteiger partial charge on any atom is -0.139 e. The Morgan fingerprint density at radius 3 is 1.73 bits per heavy atom. The van der Waals surface area contributed by atoms with Gasteiger partial charge in [0, 0.05) is 0 Å². The Kier molecular flexibility index (Phi) is 3.34. The zero-order valence-electron chi connectivity index (χ0n) is 8.28. The zero-order valence-corrected chi connectivity index (χ0v) is 10.3. The quantitative estimate of drug-likeness (QED) is 0.432. The molecule has 0 saturated heterocycles. The van der Waals surface area contributed by atoms with E-state index in [1.165, 1.54) is 0 Å². The molecule has 0 saturated carbocycles. The zero-order chi connectivity index (χ0) is 9.12. The fourth-order valence-corrected chi connectivity index (χ4v) is 3.29. The van der Waals surface area contributed by atoms with Gasteiger partial charge in [-0.1, -0.05) is 38.4 Å². The number of hydrogen-bond acceptors (Lipinski definition) is 0. The van der Waals surface area contributed by atoms with Crippen LogP contribution < -0.4 is 0 Å². The van der Waals surface area contributed by atoms with Crippen molar-refractivity contribution in [2.45, 2.75) is 32.7 Å². The van der Waals surface area contributed by atoms with E-state index in [9.17, 15) is 0 Å². The molecule has 0 N–H and O–H groups in total. The van der Waals surface area contributed by atoms with Crippen LogP contribution >= 0.6 is 0 Å². The highest BCUT2D eigenvalue weighted by atomic mass is 28.3. The third-order valence-electron chi connectivity index (χ3n) is 1.27. The Bertz CT molecular complexity index is 198. The molecule has 0 aliphatic rings. The topological polar surface area (TPSA) is 0 Å². The van der Waals surface area contributed by atoms with E-state index < -0.39 is 16.1 Å². The predicted octanol–water partition coefficient (Wildman–Crippen LogP) is 2.84. The van der Waals surface area contributed by atoms with E-state index in [2.05, 4.69) is 50.4 Å². The van der Waals surface area contributed by atoms with Crippen molar-refractivity contribution in [3.05, 3.63) is 12.3 Å². The lowest BCUT2D eigenvalue weighted by Crippen LogP contribution is -2.23. The molecule has 0 aromatic heterocycles. The molecular formula is C9H18Si2. The molecule has 0 spiro atoms. The second-order valence-electron chi connectivity index (χ2n) is 4.43. The highest BCUT2D eigenvalue weighted by molar-refractivity contribution is 6.92. The average Bonchev–Trinajstić information content (AvgIpc) is 1.83. The van der Waals surface area contributed by atoms with Crippen LogP contribution in [-0.2, 0) is 0 Å².